The van der Waals surface area contributed by atoms with Crippen LogP contribution in [0.2, 0.25) is 0 Å². The second kappa shape index (κ2) is 5.40. The van der Waals surface area contributed by atoms with Gasteiger partial charge in [0.2, 0.25) is 0 Å². The van der Waals surface area contributed by atoms with Gasteiger partial charge in [-0.1, -0.05) is 44.0 Å². The number of nitrogens with zero attached hydrogens (tertiary/aromatic N) is 1. The molecule has 0 unspecified atom stereocenters. The summed E-state index contributed by atoms with van der Waals surface area (Å²) in [5, 5.41) is 21.0. The molecule has 0 amide bonds. The van der Waals surface area contributed by atoms with Crippen LogP contribution in [0, 0.1) is 10.1 Å². The first-order valence-corrected chi connectivity index (χ1v) is 6.00. The van der Waals surface area contributed by atoms with Crippen molar-refractivity contribution in [3.8, 4) is 0 Å². The van der Waals surface area contributed by atoms with E-state index >= 15 is 0 Å². The fourth-order valence-corrected chi connectivity index (χ4v) is 1.89. The maximum absolute atomic E-state index is 10.6. The fourth-order valence-electron chi connectivity index (χ4n) is 1.07. The Morgan fingerprint density at radius 1 is 1.25 bits per heavy atom. The first-order chi connectivity index (χ1) is 7.43. The number of nitro benzene ring substituents is 1. The van der Waals surface area contributed by atoms with Gasteiger partial charge in [0.25, 0.3) is 5.69 Å². The molecule has 0 bridgehead atoms. The molecule has 0 aromatic heterocycles. The van der Waals surface area contributed by atoms with Gasteiger partial charge in [0.05, 0.1) is 20.5 Å². The number of halogens is 2. The summed E-state index contributed by atoms with van der Waals surface area (Å²) in [6.45, 7) is 0. The van der Waals surface area contributed by atoms with E-state index in [1.54, 1.807) is 0 Å². The molecule has 1 aromatic carbocycles. The van der Waals surface area contributed by atoms with Gasteiger partial charge in [-0.2, -0.15) is 0 Å². The van der Waals surface area contributed by atoms with Gasteiger partial charge in [0, 0.05) is 12.1 Å². The predicted octanol–water partition coefficient (Wildman–Crippen LogP) is 1.54. The summed E-state index contributed by atoms with van der Waals surface area (Å²) in [7, 11) is 0. The Kier molecular flexibility index (Phi) is 4.43. The number of carboxylic acids is 1. The Hall–Kier alpha value is -0.950. The monoisotopic (exact) mass is 350 g/mol. The van der Waals surface area contributed by atoms with Crippen LogP contribution in [0.1, 0.15) is 10.4 Å². The van der Waals surface area contributed by atoms with Gasteiger partial charge in [-0.05, 0) is 5.56 Å². The average Bonchev–Trinajstić information content (AvgIpc) is 2.27. The van der Waals surface area contributed by atoms with Gasteiger partial charge in [-0.25, -0.2) is 0 Å². The van der Waals surface area contributed by atoms with Crippen LogP contribution < -0.4 is 5.11 Å². The Labute approximate surface area is 108 Å². The van der Waals surface area contributed by atoms with Crippen LogP contribution >= 0.6 is 31.9 Å². The summed E-state index contributed by atoms with van der Waals surface area (Å²) in [5.41, 5.74) is 0.583. The van der Waals surface area contributed by atoms with Crippen molar-refractivity contribution in [2.24, 2.45) is 0 Å². The number of aliphatic carboxylic acids is 1. The number of rotatable bonds is 4. The van der Waals surface area contributed by atoms with Gasteiger partial charge in [0.15, 0.2) is 0 Å². The van der Waals surface area contributed by atoms with Gasteiger partial charge >= 0.3 is 0 Å². The number of hydrogen-bond acceptors (Lipinski definition) is 4. The van der Waals surface area contributed by atoms with E-state index in [2.05, 4.69) is 31.9 Å². The highest BCUT2D eigenvalue weighted by molar-refractivity contribution is 9.12. The Bertz CT molecular complexity index is 406. The minimum absolute atomic E-state index is 0.0389. The zero-order valence-corrected chi connectivity index (χ0v) is 11.0. The smallest absolute Gasteiger partial charge is 0.269 e. The summed E-state index contributed by atoms with van der Waals surface area (Å²) in [6, 6.07) is 5.63. The van der Waals surface area contributed by atoms with E-state index in [0.29, 0.717) is 5.56 Å². The standard InChI is InChI=1S/C9H7Br2NO4/c10-7(8(11)9(13)14)5-1-3-6(4-2-5)12(15)16/h1-4,7-8H,(H,13,14)/p-1/t7-,8-/m1/s1. The lowest BCUT2D eigenvalue weighted by molar-refractivity contribution is -0.384. The Morgan fingerprint density at radius 3 is 2.12 bits per heavy atom. The lowest BCUT2D eigenvalue weighted by Crippen LogP contribution is -2.34. The normalized spacial score (nSPS) is 14.1. The fraction of sp³-hybridized carbons (Fsp3) is 0.222. The van der Waals surface area contributed by atoms with Crippen molar-refractivity contribution in [3.05, 3.63) is 39.9 Å². The zero-order valence-electron chi connectivity index (χ0n) is 7.80. The maximum Gasteiger partial charge on any atom is 0.269 e. The number of nitro groups is 1. The van der Waals surface area contributed by atoms with Crippen molar-refractivity contribution in [3.63, 3.8) is 0 Å². The molecule has 0 aliphatic heterocycles. The van der Waals surface area contributed by atoms with Crippen molar-refractivity contribution >= 4 is 43.5 Å². The average molecular weight is 352 g/mol. The van der Waals surface area contributed by atoms with Crippen LogP contribution in [0.5, 0.6) is 0 Å². The summed E-state index contributed by atoms with van der Waals surface area (Å²) in [5.74, 6) is -1.25. The number of hydrogen-bond donors (Lipinski definition) is 0. The molecule has 2 atom stereocenters. The topological polar surface area (TPSA) is 83.3 Å². The number of non-ortho nitro benzene ring substituents is 1. The molecule has 7 heteroatoms. The summed E-state index contributed by atoms with van der Waals surface area (Å²) < 4.78 is 0. The molecule has 1 rings (SSSR count). The molecular weight excluding hydrogens is 346 g/mol. The van der Waals surface area contributed by atoms with Crippen LogP contribution in [-0.4, -0.2) is 15.7 Å². The third-order valence-corrected chi connectivity index (χ3v) is 4.57. The number of alkyl halides is 2. The van der Waals surface area contributed by atoms with Crippen molar-refractivity contribution in [2.45, 2.75) is 9.65 Å². The molecule has 0 N–H and O–H groups in total. The van der Waals surface area contributed by atoms with Crippen LogP contribution in [0.15, 0.2) is 24.3 Å². The third kappa shape index (κ3) is 3.02. The minimum atomic E-state index is -1.25. The SMILES string of the molecule is O=C([O-])[C@H](Br)[C@H](Br)c1ccc([N+](=O)[O-])cc1. The maximum atomic E-state index is 10.6. The number of carbonyl (C=O) groups is 1. The van der Waals surface area contributed by atoms with Crippen LogP contribution in [-0.2, 0) is 4.79 Å². The second-order valence-corrected chi connectivity index (χ2v) is 4.94. The Balaban J connectivity index is 2.89. The Morgan fingerprint density at radius 2 is 1.75 bits per heavy atom. The van der Waals surface area contributed by atoms with E-state index in [0.717, 1.165) is 0 Å². The lowest BCUT2D eigenvalue weighted by Gasteiger charge is -2.17. The van der Waals surface area contributed by atoms with Gasteiger partial charge < -0.3 is 9.90 Å². The highest BCUT2D eigenvalue weighted by atomic mass is 79.9. The van der Waals surface area contributed by atoms with E-state index in [1.807, 2.05) is 0 Å². The van der Waals surface area contributed by atoms with Crippen LogP contribution in [0.4, 0.5) is 5.69 Å². The lowest BCUT2D eigenvalue weighted by atomic mass is 10.1. The molecule has 0 radical (unpaired) electrons. The van der Waals surface area contributed by atoms with Crippen molar-refractivity contribution in [1.82, 2.24) is 0 Å². The highest BCUT2D eigenvalue weighted by Crippen LogP contribution is 2.31. The molecule has 1 aromatic rings. The molecule has 0 heterocycles. The molecule has 0 aliphatic rings. The predicted molar refractivity (Wildman–Crippen MR) is 62.5 cm³/mol. The van der Waals surface area contributed by atoms with E-state index in [-0.39, 0.29) is 5.69 Å². The highest BCUT2D eigenvalue weighted by Gasteiger charge is 2.19. The van der Waals surface area contributed by atoms with Gasteiger partial charge in [-0.15, -0.1) is 0 Å². The van der Waals surface area contributed by atoms with E-state index < -0.39 is 20.5 Å². The summed E-state index contributed by atoms with van der Waals surface area (Å²) >= 11 is 6.12. The quantitative estimate of drug-likeness (QED) is 0.468. The van der Waals surface area contributed by atoms with E-state index in [1.165, 1.54) is 24.3 Å². The molecule has 5 nitrogen and oxygen atoms in total. The van der Waals surface area contributed by atoms with Gasteiger partial charge in [0.1, 0.15) is 0 Å². The van der Waals surface area contributed by atoms with Crippen LogP contribution in [0.25, 0.3) is 0 Å². The van der Waals surface area contributed by atoms with Crippen molar-refractivity contribution in [2.75, 3.05) is 0 Å². The molecule has 86 valence electrons. The number of carbonyl (C=O) groups excluding carboxylic acids is 1. The summed E-state index contributed by atoms with van der Waals surface area (Å²) in [6.07, 6.45) is 0. The molecule has 0 saturated heterocycles. The molecule has 0 spiro atoms. The first kappa shape index (κ1) is 13.1. The molecule has 0 aliphatic carbocycles. The molecular formula is C9H6Br2NO4-. The molecule has 0 saturated carbocycles. The summed E-state index contributed by atoms with van der Waals surface area (Å²) in [4.78, 5) is 19.1. The first-order valence-electron chi connectivity index (χ1n) is 4.17. The largest absolute Gasteiger partial charge is 0.549 e. The molecule has 16 heavy (non-hydrogen) atoms. The number of carboxylic acid groups (broad SMARTS) is 1. The van der Waals surface area contributed by atoms with Crippen LogP contribution in [0.3, 0.4) is 0 Å². The third-order valence-electron chi connectivity index (χ3n) is 1.90. The van der Waals surface area contributed by atoms with Crippen molar-refractivity contribution < 1.29 is 14.8 Å². The zero-order chi connectivity index (χ0) is 12.3. The van der Waals surface area contributed by atoms with Crippen molar-refractivity contribution in [1.29, 1.82) is 0 Å². The molecule has 0 fully saturated rings. The van der Waals surface area contributed by atoms with E-state index in [4.69, 9.17) is 0 Å². The number of benzene rings is 1. The second-order valence-electron chi connectivity index (χ2n) is 2.97. The van der Waals surface area contributed by atoms with E-state index in [9.17, 15) is 20.0 Å². The van der Waals surface area contributed by atoms with Gasteiger partial charge in [-0.3, -0.25) is 10.1 Å². The minimum Gasteiger partial charge on any atom is -0.549 e.